The van der Waals surface area contributed by atoms with Gasteiger partial charge in [0.25, 0.3) is 16.8 Å². The number of nitrogens with zero attached hydrogens (tertiary/aromatic N) is 2. The van der Waals surface area contributed by atoms with E-state index in [0.717, 1.165) is 22.9 Å². The number of nitro benzene ring substituents is 1. The van der Waals surface area contributed by atoms with Gasteiger partial charge in [0.05, 0.1) is 16.9 Å². The van der Waals surface area contributed by atoms with Crippen LogP contribution in [0.2, 0.25) is 0 Å². The normalized spacial score (nSPS) is 15.5. The Labute approximate surface area is 202 Å². The van der Waals surface area contributed by atoms with E-state index in [2.05, 4.69) is 6.58 Å². The van der Waals surface area contributed by atoms with Crippen LogP contribution in [-0.2, 0) is 17.8 Å². The lowest BCUT2D eigenvalue weighted by Crippen LogP contribution is -2.36. The molecule has 0 aliphatic carbocycles. The van der Waals surface area contributed by atoms with Gasteiger partial charge in [0.15, 0.2) is 11.5 Å². The van der Waals surface area contributed by atoms with E-state index in [9.17, 15) is 19.7 Å². The molecule has 9 heteroatoms. The quantitative estimate of drug-likeness (QED) is 0.184. The number of amides is 2. The lowest BCUT2D eigenvalue weighted by molar-refractivity contribution is -0.384. The zero-order valence-corrected chi connectivity index (χ0v) is 20.1. The van der Waals surface area contributed by atoms with E-state index < -0.39 is 4.92 Å². The molecule has 0 unspecified atom stereocenters. The maximum absolute atomic E-state index is 12.8. The van der Waals surface area contributed by atoms with Crippen LogP contribution >= 0.6 is 11.8 Å². The first-order valence-electron chi connectivity index (χ1n) is 10.7. The lowest BCUT2D eigenvalue weighted by atomic mass is 10.0. The fourth-order valence-electron chi connectivity index (χ4n) is 3.45. The highest BCUT2D eigenvalue weighted by atomic mass is 32.2. The largest absolute Gasteiger partial charge is 0.493 e. The van der Waals surface area contributed by atoms with Gasteiger partial charge in [-0.3, -0.25) is 24.6 Å². The summed E-state index contributed by atoms with van der Waals surface area (Å²) in [5.41, 5.74) is 2.27. The van der Waals surface area contributed by atoms with Crippen molar-refractivity contribution < 1.29 is 24.0 Å². The van der Waals surface area contributed by atoms with Gasteiger partial charge < -0.3 is 9.47 Å². The van der Waals surface area contributed by atoms with Crippen LogP contribution in [0, 0.1) is 10.1 Å². The van der Waals surface area contributed by atoms with Gasteiger partial charge in [0.2, 0.25) is 0 Å². The highest BCUT2D eigenvalue weighted by Gasteiger charge is 2.37. The molecule has 1 atom stereocenters. The molecular weight excluding hydrogens is 456 g/mol. The Morgan fingerprint density at radius 3 is 2.53 bits per heavy atom. The van der Waals surface area contributed by atoms with E-state index >= 15 is 0 Å². The third-order valence-electron chi connectivity index (χ3n) is 5.42. The molecule has 0 aromatic heterocycles. The summed E-state index contributed by atoms with van der Waals surface area (Å²) < 4.78 is 11.6. The Morgan fingerprint density at radius 1 is 1.24 bits per heavy atom. The number of methoxy groups -OCH3 is 1. The molecule has 0 spiro atoms. The van der Waals surface area contributed by atoms with Gasteiger partial charge in [-0.15, -0.1) is 6.58 Å². The van der Waals surface area contributed by atoms with E-state index in [4.69, 9.17) is 9.47 Å². The molecule has 1 saturated heterocycles. The predicted molar refractivity (Wildman–Crippen MR) is 132 cm³/mol. The predicted octanol–water partition coefficient (Wildman–Crippen LogP) is 5.75. The molecule has 1 heterocycles. The Morgan fingerprint density at radius 2 is 1.94 bits per heavy atom. The van der Waals surface area contributed by atoms with Crippen molar-refractivity contribution in [3.05, 3.63) is 80.8 Å². The zero-order chi connectivity index (χ0) is 24.8. The molecule has 2 aromatic rings. The first-order valence-corrected chi connectivity index (χ1v) is 11.6. The molecule has 2 aromatic carbocycles. The van der Waals surface area contributed by atoms with Gasteiger partial charge in [-0.25, -0.2) is 0 Å². The Hall–Kier alpha value is -3.59. The van der Waals surface area contributed by atoms with Gasteiger partial charge in [0.1, 0.15) is 6.61 Å². The lowest BCUT2D eigenvalue weighted by Gasteiger charge is -2.19. The van der Waals surface area contributed by atoms with Crippen LogP contribution in [0.1, 0.15) is 37.0 Å². The third kappa shape index (κ3) is 5.48. The van der Waals surface area contributed by atoms with Crippen LogP contribution in [0.4, 0.5) is 10.5 Å². The Balaban J connectivity index is 1.89. The second-order valence-electron chi connectivity index (χ2n) is 7.73. The van der Waals surface area contributed by atoms with Crippen molar-refractivity contribution >= 4 is 34.7 Å². The van der Waals surface area contributed by atoms with Crippen molar-refractivity contribution in [2.75, 3.05) is 7.11 Å². The Kier molecular flexibility index (Phi) is 8.12. The van der Waals surface area contributed by atoms with Crippen LogP contribution in [0.25, 0.3) is 6.08 Å². The molecule has 0 N–H and O–H groups in total. The number of imide groups is 1. The van der Waals surface area contributed by atoms with Crippen molar-refractivity contribution in [3.8, 4) is 11.5 Å². The molecule has 0 radical (unpaired) electrons. The summed E-state index contributed by atoms with van der Waals surface area (Å²) in [5, 5.41) is 10.6. The van der Waals surface area contributed by atoms with Crippen molar-refractivity contribution in [1.82, 2.24) is 4.90 Å². The highest BCUT2D eigenvalue weighted by molar-refractivity contribution is 8.18. The first-order chi connectivity index (χ1) is 16.3. The van der Waals surface area contributed by atoms with Crippen LogP contribution in [0.15, 0.2) is 54.0 Å². The number of carbonyl (C=O) groups excluding carboxylic acids is 2. The fourth-order valence-corrected chi connectivity index (χ4v) is 4.38. The van der Waals surface area contributed by atoms with Gasteiger partial charge in [-0.2, -0.15) is 0 Å². The number of thioether (sulfide) groups is 1. The maximum atomic E-state index is 12.8. The van der Waals surface area contributed by atoms with Crippen LogP contribution in [0.5, 0.6) is 11.5 Å². The second-order valence-corrected chi connectivity index (χ2v) is 8.72. The van der Waals surface area contributed by atoms with E-state index in [1.165, 1.54) is 24.1 Å². The van der Waals surface area contributed by atoms with E-state index in [0.29, 0.717) is 34.8 Å². The molecule has 1 fully saturated rings. The minimum atomic E-state index is -0.452. The van der Waals surface area contributed by atoms with Crippen molar-refractivity contribution in [2.45, 2.75) is 39.3 Å². The van der Waals surface area contributed by atoms with Crippen LogP contribution in [-0.4, -0.2) is 34.1 Å². The standard InChI is InChI=1S/C25H26N2O6S/c1-5-7-19-12-18(14-22-24(28)26(16(3)6-2)25(29)34-22)13-21(32-4)23(19)33-15-17-8-10-20(11-9-17)27(30)31/h5,8-14,16H,1,6-7,15H2,2-4H3/b22-14+/t16-/m1/s1. The SMILES string of the molecule is C=CCc1cc(/C=C2/SC(=O)N([C@H](C)CC)C2=O)cc(OC)c1OCc1ccc([N+](=O)[O-])cc1. The van der Waals surface area contributed by atoms with Crippen LogP contribution < -0.4 is 9.47 Å². The number of carbonyl (C=O) groups is 2. The second kappa shape index (κ2) is 11.0. The third-order valence-corrected chi connectivity index (χ3v) is 6.31. The number of hydrogen-bond donors (Lipinski definition) is 0. The number of allylic oxidation sites excluding steroid dienone is 1. The Bertz CT molecular complexity index is 1140. The number of benzene rings is 2. The number of non-ortho nitro benzene ring substituents is 1. The minimum absolute atomic E-state index is 0.00998. The number of ether oxygens (including phenoxy) is 2. The summed E-state index contributed by atoms with van der Waals surface area (Å²) >= 11 is 0.926. The van der Waals surface area contributed by atoms with Crippen molar-refractivity contribution in [2.24, 2.45) is 0 Å². The molecule has 178 valence electrons. The smallest absolute Gasteiger partial charge is 0.293 e. The van der Waals surface area contributed by atoms with Gasteiger partial charge in [-0.05, 0) is 73.0 Å². The summed E-state index contributed by atoms with van der Waals surface area (Å²) in [5.74, 6) is 0.686. The number of hydrogen-bond acceptors (Lipinski definition) is 7. The highest BCUT2D eigenvalue weighted by Crippen LogP contribution is 2.38. The van der Waals surface area contributed by atoms with Crippen molar-refractivity contribution in [3.63, 3.8) is 0 Å². The van der Waals surface area contributed by atoms with E-state index in [1.54, 1.807) is 30.4 Å². The summed E-state index contributed by atoms with van der Waals surface area (Å²) in [6, 6.07) is 9.58. The molecule has 2 amide bonds. The molecule has 3 rings (SSSR count). The summed E-state index contributed by atoms with van der Waals surface area (Å²) in [4.78, 5) is 37.2. The average Bonchev–Trinajstić information content (AvgIpc) is 3.10. The monoisotopic (exact) mass is 482 g/mol. The van der Waals surface area contributed by atoms with E-state index in [-0.39, 0.29) is 29.5 Å². The zero-order valence-electron chi connectivity index (χ0n) is 19.3. The summed E-state index contributed by atoms with van der Waals surface area (Å²) in [6.07, 6.45) is 4.59. The van der Waals surface area contributed by atoms with Gasteiger partial charge in [0, 0.05) is 23.7 Å². The minimum Gasteiger partial charge on any atom is -0.493 e. The topological polar surface area (TPSA) is 99.0 Å². The summed E-state index contributed by atoms with van der Waals surface area (Å²) in [6.45, 7) is 7.77. The molecule has 0 saturated carbocycles. The first kappa shape index (κ1) is 25.0. The molecule has 1 aliphatic rings. The molecule has 34 heavy (non-hydrogen) atoms. The van der Waals surface area contributed by atoms with Crippen molar-refractivity contribution in [1.29, 1.82) is 0 Å². The van der Waals surface area contributed by atoms with E-state index in [1.807, 2.05) is 19.9 Å². The maximum Gasteiger partial charge on any atom is 0.293 e. The number of rotatable bonds is 10. The van der Waals surface area contributed by atoms with Crippen LogP contribution in [0.3, 0.4) is 0 Å². The summed E-state index contributed by atoms with van der Waals surface area (Å²) in [7, 11) is 1.52. The average molecular weight is 483 g/mol. The van der Waals surface area contributed by atoms with Gasteiger partial charge in [-0.1, -0.05) is 13.0 Å². The number of nitro groups is 1. The molecule has 1 aliphatic heterocycles. The fraction of sp³-hybridized carbons (Fsp3) is 0.280. The molecular formula is C25H26N2O6S. The molecule has 8 nitrogen and oxygen atoms in total. The molecule has 0 bridgehead atoms. The van der Waals surface area contributed by atoms with Gasteiger partial charge >= 0.3 is 0 Å².